The van der Waals surface area contributed by atoms with E-state index in [-0.39, 0.29) is 10.8 Å². The van der Waals surface area contributed by atoms with Gasteiger partial charge in [0.15, 0.2) is 0 Å². The van der Waals surface area contributed by atoms with Crippen LogP contribution in [0.2, 0.25) is 0 Å². The average Bonchev–Trinajstić information content (AvgIpc) is 2.68. The van der Waals surface area contributed by atoms with Crippen molar-refractivity contribution in [1.82, 2.24) is 14.9 Å². The van der Waals surface area contributed by atoms with Crippen LogP contribution in [0.5, 0.6) is 0 Å². The maximum absolute atomic E-state index is 12.4. The van der Waals surface area contributed by atoms with E-state index < -0.39 is 10.0 Å². The molecular formula is C20H25N3O3S. The molecule has 7 heteroatoms. The molecule has 3 rings (SSSR count). The van der Waals surface area contributed by atoms with Gasteiger partial charge in [-0.2, -0.15) is 0 Å². The minimum atomic E-state index is -3.57. The molecule has 0 bridgehead atoms. The molecule has 0 radical (unpaired) electrons. The molecule has 0 unspecified atom stereocenters. The Morgan fingerprint density at radius 2 is 1.89 bits per heavy atom. The van der Waals surface area contributed by atoms with E-state index >= 15 is 0 Å². The van der Waals surface area contributed by atoms with E-state index in [9.17, 15) is 13.2 Å². The Kier molecular flexibility index (Phi) is 6.26. The lowest BCUT2D eigenvalue weighted by Crippen LogP contribution is -2.37. The lowest BCUT2D eigenvalue weighted by molar-refractivity contribution is 0.0947. The summed E-state index contributed by atoms with van der Waals surface area (Å²) in [5.74, 6) is -0.263. The fraction of sp³-hybridized carbons (Fsp3) is 0.350. The zero-order valence-corrected chi connectivity index (χ0v) is 16.3. The van der Waals surface area contributed by atoms with Crippen molar-refractivity contribution < 1.29 is 13.2 Å². The topological polar surface area (TPSA) is 78.5 Å². The summed E-state index contributed by atoms with van der Waals surface area (Å²) in [4.78, 5) is 14.8. The van der Waals surface area contributed by atoms with Crippen molar-refractivity contribution in [2.75, 3.05) is 26.2 Å². The van der Waals surface area contributed by atoms with Crippen molar-refractivity contribution in [1.29, 1.82) is 0 Å². The van der Waals surface area contributed by atoms with Crippen LogP contribution < -0.4 is 10.0 Å². The fourth-order valence-electron chi connectivity index (χ4n) is 3.25. The number of amides is 1. The lowest BCUT2D eigenvalue weighted by Gasteiger charge is -2.28. The first-order chi connectivity index (χ1) is 13.0. The summed E-state index contributed by atoms with van der Waals surface area (Å²) in [6.07, 6.45) is 1.02. The van der Waals surface area contributed by atoms with Crippen LogP contribution in [-0.2, 0) is 23.0 Å². The van der Waals surface area contributed by atoms with Crippen molar-refractivity contribution in [2.24, 2.45) is 0 Å². The molecular weight excluding hydrogens is 362 g/mol. The Morgan fingerprint density at radius 3 is 2.67 bits per heavy atom. The quantitative estimate of drug-likeness (QED) is 0.759. The maximum Gasteiger partial charge on any atom is 0.251 e. The first-order valence-corrected chi connectivity index (χ1v) is 10.6. The molecule has 0 saturated carbocycles. The first kappa shape index (κ1) is 19.5. The highest BCUT2D eigenvalue weighted by Gasteiger charge is 2.17. The number of hydrogen-bond acceptors (Lipinski definition) is 4. The van der Waals surface area contributed by atoms with Gasteiger partial charge in [0.25, 0.3) is 5.91 Å². The minimum Gasteiger partial charge on any atom is -0.351 e. The van der Waals surface area contributed by atoms with Gasteiger partial charge < -0.3 is 5.32 Å². The number of rotatable bonds is 7. The maximum atomic E-state index is 12.4. The van der Waals surface area contributed by atoms with Gasteiger partial charge in [0.1, 0.15) is 0 Å². The highest BCUT2D eigenvalue weighted by atomic mass is 32.2. The molecule has 1 aliphatic heterocycles. The van der Waals surface area contributed by atoms with Crippen LogP contribution in [0.1, 0.15) is 28.4 Å². The molecule has 1 heterocycles. The molecule has 2 N–H and O–H groups in total. The number of nitrogens with zero attached hydrogens (tertiary/aromatic N) is 1. The van der Waals surface area contributed by atoms with Crippen LogP contribution in [-0.4, -0.2) is 45.4 Å². The molecule has 27 heavy (non-hydrogen) atoms. The minimum absolute atomic E-state index is 0.102. The first-order valence-electron chi connectivity index (χ1n) is 9.16. The van der Waals surface area contributed by atoms with Gasteiger partial charge in [-0.3, -0.25) is 9.69 Å². The van der Waals surface area contributed by atoms with E-state index in [1.807, 2.05) is 0 Å². The highest BCUT2D eigenvalue weighted by Crippen LogP contribution is 2.17. The standard InChI is InChI=1S/C20H25N3O3S/c1-2-22-27(25,26)19-9-5-8-17(14-19)20(24)21-11-13-23-12-10-16-6-3-4-7-18(16)15-23/h3-9,14,22H,2,10-13,15H2,1H3,(H,21,24). The molecule has 2 aromatic rings. The van der Waals surface area contributed by atoms with Crippen LogP contribution >= 0.6 is 0 Å². The number of sulfonamides is 1. The normalized spacial score (nSPS) is 14.6. The second-order valence-electron chi connectivity index (χ2n) is 6.58. The monoisotopic (exact) mass is 387 g/mol. The van der Waals surface area contributed by atoms with Gasteiger partial charge >= 0.3 is 0 Å². The van der Waals surface area contributed by atoms with Crippen LogP contribution in [0.15, 0.2) is 53.4 Å². The van der Waals surface area contributed by atoms with Gasteiger partial charge in [0.2, 0.25) is 10.0 Å². The molecule has 0 atom stereocenters. The molecule has 144 valence electrons. The molecule has 2 aromatic carbocycles. The van der Waals surface area contributed by atoms with Crippen LogP contribution in [0.4, 0.5) is 0 Å². The molecule has 0 aromatic heterocycles. The molecule has 0 spiro atoms. The number of fused-ring (bicyclic) bond motifs is 1. The largest absolute Gasteiger partial charge is 0.351 e. The number of hydrogen-bond donors (Lipinski definition) is 2. The summed E-state index contributed by atoms with van der Waals surface area (Å²) in [6.45, 7) is 5.16. The molecule has 1 aliphatic rings. The number of nitrogens with one attached hydrogen (secondary N) is 2. The van der Waals surface area contributed by atoms with Gasteiger partial charge in [0, 0.05) is 38.3 Å². The number of carbonyl (C=O) groups excluding carboxylic acids is 1. The SMILES string of the molecule is CCNS(=O)(=O)c1cccc(C(=O)NCCN2CCc3ccccc3C2)c1. The Morgan fingerprint density at radius 1 is 1.11 bits per heavy atom. The zero-order chi connectivity index (χ0) is 19.3. The Balaban J connectivity index is 1.54. The second kappa shape index (κ2) is 8.65. The summed E-state index contributed by atoms with van der Waals surface area (Å²) >= 11 is 0. The zero-order valence-electron chi connectivity index (χ0n) is 15.4. The van der Waals surface area contributed by atoms with Crippen LogP contribution in [0.3, 0.4) is 0 Å². The van der Waals surface area contributed by atoms with Gasteiger partial charge in [0.05, 0.1) is 4.90 Å². The molecule has 0 fully saturated rings. The summed E-state index contributed by atoms with van der Waals surface area (Å²) in [7, 11) is -3.57. The molecule has 1 amide bonds. The van der Waals surface area contributed by atoms with Crippen molar-refractivity contribution in [3.05, 3.63) is 65.2 Å². The Hall–Kier alpha value is -2.22. The van der Waals surface area contributed by atoms with Crippen LogP contribution in [0.25, 0.3) is 0 Å². The van der Waals surface area contributed by atoms with Gasteiger partial charge in [-0.15, -0.1) is 0 Å². The lowest BCUT2D eigenvalue weighted by atomic mass is 10.00. The van der Waals surface area contributed by atoms with E-state index in [1.165, 1.54) is 23.3 Å². The number of carbonyl (C=O) groups is 1. The van der Waals surface area contributed by atoms with Crippen LogP contribution in [0, 0.1) is 0 Å². The summed E-state index contributed by atoms with van der Waals surface area (Å²) in [6, 6.07) is 14.5. The molecule has 0 saturated heterocycles. The van der Waals surface area contributed by atoms with Crippen molar-refractivity contribution in [3.8, 4) is 0 Å². The third kappa shape index (κ3) is 4.94. The average molecular weight is 388 g/mol. The van der Waals surface area contributed by atoms with Gasteiger partial charge in [-0.05, 0) is 35.7 Å². The van der Waals surface area contributed by atoms with Gasteiger partial charge in [-0.1, -0.05) is 37.3 Å². The predicted molar refractivity (Wildman–Crippen MR) is 105 cm³/mol. The van der Waals surface area contributed by atoms with Gasteiger partial charge in [-0.25, -0.2) is 13.1 Å². The smallest absolute Gasteiger partial charge is 0.251 e. The predicted octanol–water partition coefficient (Wildman–Crippen LogP) is 1.77. The summed E-state index contributed by atoms with van der Waals surface area (Å²) in [5, 5.41) is 2.89. The third-order valence-electron chi connectivity index (χ3n) is 4.66. The van der Waals surface area contributed by atoms with E-state index in [4.69, 9.17) is 0 Å². The summed E-state index contributed by atoms with van der Waals surface area (Å²) in [5.41, 5.74) is 3.09. The van der Waals surface area contributed by atoms with E-state index in [0.717, 1.165) is 26.1 Å². The molecule has 0 aliphatic carbocycles. The summed E-state index contributed by atoms with van der Waals surface area (Å²) < 4.78 is 26.6. The third-order valence-corrected chi connectivity index (χ3v) is 6.21. The van der Waals surface area contributed by atoms with E-state index in [0.29, 0.717) is 18.7 Å². The van der Waals surface area contributed by atoms with Crippen molar-refractivity contribution in [3.63, 3.8) is 0 Å². The Labute approximate surface area is 160 Å². The molecule has 6 nitrogen and oxygen atoms in total. The van der Waals surface area contributed by atoms with E-state index in [1.54, 1.807) is 19.1 Å². The Bertz CT molecular complexity index is 912. The van der Waals surface area contributed by atoms with Crippen molar-refractivity contribution >= 4 is 15.9 Å². The fourth-order valence-corrected chi connectivity index (χ4v) is 4.34. The number of benzene rings is 2. The van der Waals surface area contributed by atoms with E-state index in [2.05, 4.69) is 39.2 Å². The second-order valence-corrected chi connectivity index (χ2v) is 8.35. The highest BCUT2D eigenvalue weighted by molar-refractivity contribution is 7.89. The van der Waals surface area contributed by atoms with Crippen molar-refractivity contribution in [2.45, 2.75) is 24.8 Å².